The summed E-state index contributed by atoms with van der Waals surface area (Å²) in [4.78, 5) is 20.4. The second kappa shape index (κ2) is 11.6. The largest absolute Gasteiger partial charge is 0.357 e. The van der Waals surface area contributed by atoms with Gasteiger partial charge in [0.05, 0.1) is 13.1 Å². The molecule has 1 aromatic carbocycles. The number of nitrogens with zero attached hydrogens (tertiary/aromatic N) is 3. The van der Waals surface area contributed by atoms with Crippen LogP contribution in [-0.2, 0) is 17.9 Å². The minimum atomic E-state index is 0.0264. The van der Waals surface area contributed by atoms with Gasteiger partial charge >= 0.3 is 0 Å². The lowest BCUT2D eigenvalue weighted by atomic mass is 10.1. The second-order valence-electron chi connectivity index (χ2n) is 7.34. The van der Waals surface area contributed by atoms with E-state index >= 15 is 0 Å². The highest BCUT2D eigenvalue weighted by molar-refractivity contribution is 5.86. The number of hydrogen-bond donors (Lipinski definition) is 2. The van der Waals surface area contributed by atoms with Gasteiger partial charge < -0.3 is 15.5 Å². The monoisotopic (exact) mass is 373 g/mol. The number of aliphatic imine (C=N–C) groups is 1. The highest BCUT2D eigenvalue weighted by Crippen LogP contribution is 2.14. The van der Waals surface area contributed by atoms with E-state index in [9.17, 15) is 4.79 Å². The summed E-state index contributed by atoms with van der Waals surface area (Å²) in [6, 6.07) is 8.74. The number of rotatable bonds is 7. The number of benzene rings is 1. The van der Waals surface area contributed by atoms with E-state index in [1.807, 2.05) is 6.92 Å². The van der Waals surface area contributed by atoms with Crippen LogP contribution in [0.4, 0.5) is 0 Å². The maximum Gasteiger partial charge on any atom is 0.241 e. The van der Waals surface area contributed by atoms with Crippen molar-refractivity contribution in [1.82, 2.24) is 20.4 Å². The Balaban J connectivity index is 1.86. The molecule has 1 fully saturated rings. The van der Waals surface area contributed by atoms with Gasteiger partial charge in [0, 0.05) is 27.2 Å². The SMILES string of the molecule is CCNC(=NCc1ccc(CN2CCCCCC2)cc1)NCC(=O)N(C)C. The van der Waals surface area contributed by atoms with E-state index in [0.717, 1.165) is 13.1 Å². The van der Waals surface area contributed by atoms with Crippen LogP contribution in [0.15, 0.2) is 29.3 Å². The fourth-order valence-corrected chi connectivity index (χ4v) is 3.13. The number of likely N-dealkylation sites (N-methyl/N-ethyl adjacent to an activating group) is 1. The van der Waals surface area contributed by atoms with Crippen molar-refractivity contribution in [2.45, 2.75) is 45.7 Å². The molecule has 0 aromatic heterocycles. The molecular weight excluding hydrogens is 338 g/mol. The third-order valence-corrected chi connectivity index (χ3v) is 4.80. The normalized spacial score (nSPS) is 15.9. The van der Waals surface area contributed by atoms with Crippen molar-refractivity contribution >= 4 is 11.9 Å². The minimum Gasteiger partial charge on any atom is -0.357 e. The van der Waals surface area contributed by atoms with Crippen LogP contribution >= 0.6 is 0 Å². The van der Waals surface area contributed by atoms with Crippen molar-refractivity contribution in [3.8, 4) is 0 Å². The Morgan fingerprint density at radius 1 is 1.04 bits per heavy atom. The zero-order chi connectivity index (χ0) is 19.5. The zero-order valence-electron chi connectivity index (χ0n) is 17.1. The first-order valence-corrected chi connectivity index (χ1v) is 10.1. The molecule has 1 aliphatic heterocycles. The van der Waals surface area contributed by atoms with Gasteiger partial charge in [-0.05, 0) is 44.0 Å². The molecule has 6 heteroatoms. The molecule has 1 amide bonds. The molecule has 2 rings (SSSR count). The fourth-order valence-electron chi connectivity index (χ4n) is 3.13. The minimum absolute atomic E-state index is 0.0264. The van der Waals surface area contributed by atoms with E-state index in [2.05, 4.69) is 44.8 Å². The first kappa shape index (κ1) is 21.2. The van der Waals surface area contributed by atoms with E-state index in [-0.39, 0.29) is 12.5 Å². The summed E-state index contributed by atoms with van der Waals surface area (Å²) in [5.74, 6) is 0.694. The Labute approximate surface area is 164 Å². The van der Waals surface area contributed by atoms with Crippen molar-refractivity contribution in [2.75, 3.05) is 40.3 Å². The van der Waals surface area contributed by atoms with Crippen LogP contribution in [0.1, 0.15) is 43.7 Å². The number of carbonyl (C=O) groups is 1. The Kier molecular flexibility index (Phi) is 9.11. The van der Waals surface area contributed by atoms with Gasteiger partial charge in [0.1, 0.15) is 0 Å². The number of likely N-dealkylation sites (tertiary alicyclic amines) is 1. The van der Waals surface area contributed by atoms with Crippen LogP contribution in [0.2, 0.25) is 0 Å². The predicted octanol–water partition coefficient (Wildman–Crippen LogP) is 2.21. The van der Waals surface area contributed by atoms with Crippen LogP contribution in [0.25, 0.3) is 0 Å². The molecule has 0 spiro atoms. The van der Waals surface area contributed by atoms with E-state index in [0.29, 0.717) is 12.5 Å². The maximum absolute atomic E-state index is 11.7. The smallest absolute Gasteiger partial charge is 0.241 e. The first-order chi connectivity index (χ1) is 13.1. The molecule has 2 N–H and O–H groups in total. The number of guanidine groups is 1. The lowest BCUT2D eigenvalue weighted by molar-refractivity contribution is -0.127. The van der Waals surface area contributed by atoms with Crippen LogP contribution in [0, 0.1) is 0 Å². The topological polar surface area (TPSA) is 60.0 Å². The van der Waals surface area contributed by atoms with Crippen molar-refractivity contribution in [2.24, 2.45) is 4.99 Å². The van der Waals surface area contributed by atoms with Crippen molar-refractivity contribution < 1.29 is 4.79 Å². The zero-order valence-corrected chi connectivity index (χ0v) is 17.1. The molecule has 0 bridgehead atoms. The third kappa shape index (κ3) is 7.99. The summed E-state index contributed by atoms with van der Waals surface area (Å²) in [7, 11) is 3.50. The van der Waals surface area contributed by atoms with Crippen LogP contribution in [0.5, 0.6) is 0 Å². The summed E-state index contributed by atoms with van der Waals surface area (Å²) < 4.78 is 0. The molecule has 1 aliphatic rings. The summed E-state index contributed by atoms with van der Waals surface area (Å²) in [5, 5.41) is 6.26. The Bertz CT molecular complexity index is 589. The number of hydrogen-bond acceptors (Lipinski definition) is 3. The number of amides is 1. The molecule has 0 atom stereocenters. The van der Waals surface area contributed by atoms with Gasteiger partial charge in [0.15, 0.2) is 5.96 Å². The number of carbonyl (C=O) groups excluding carboxylic acids is 1. The average molecular weight is 374 g/mol. The van der Waals surface area contributed by atoms with Crippen molar-refractivity contribution in [3.05, 3.63) is 35.4 Å². The van der Waals surface area contributed by atoms with Crippen LogP contribution < -0.4 is 10.6 Å². The van der Waals surface area contributed by atoms with Gasteiger partial charge in [-0.1, -0.05) is 37.1 Å². The fraction of sp³-hybridized carbons (Fsp3) is 0.619. The predicted molar refractivity (Wildman–Crippen MR) is 112 cm³/mol. The summed E-state index contributed by atoms with van der Waals surface area (Å²) in [6.07, 6.45) is 5.39. The Morgan fingerprint density at radius 3 is 2.26 bits per heavy atom. The van der Waals surface area contributed by atoms with Crippen LogP contribution in [0.3, 0.4) is 0 Å². The summed E-state index contributed by atoms with van der Waals surface area (Å²) in [6.45, 7) is 7.09. The Hall–Kier alpha value is -2.08. The standard InChI is InChI=1S/C21H35N5O/c1-4-22-21(24-16-20(27)25(2)3)23-15-18-9-11-19(12-10-18)17-26-13-7-5-6-8-14-26/h9-12H,4-8,13-17H2,1-3H3,(H2,22,23,24). The maximum atomic E-state index is 11.7. The van der Waals surface area contributed by atoms with Crippen molar-refractivity contribution in [3.63, 3.8) is 0 Å². The summed E-state index contributed by atoms with van der Waals surface area (Å²) >= 11 is 0. The van der Waals surface area contributed by atoms with Crippen LogP contribution in [-0.4, -0.2) is 61.9 Å². The molecule has 6 nitrogen and oxygen atoms in total. The molecule has 0 aliphatic carbocycles. The van der Waals surface area contributed by atoms with Crippen molar-refractivity contribution in [1.29, 1.82) is 0 Å². The summed E-state index contributed by atoms with van der Waals surface area (Å²) in [5.41, 5.74) is 2.54. The molecular formula is C21H35N5O. The molecule has 1 saturated heterocycles. The molecule has 150 valence electrons. The molecule has 0 saturated carbocycles. The van der Waals surface area contributed by atoms with E-state index in [4.69, 9.17) is 0 Å². The molecule has 0 radical (unpaired) electrons. The molecule has 27 heavy (non-hydrogen) atoms. The van der Waals surface area contributed by atoms with Gasteiger partial charge in [0.2, 0.25) is 5.91 Å². The molecule has 1 aromatic rings. The highest BCUT2D eigenvalue weighted by Gasteiger charge is 2.09. The van der Waals surface area contributed by atoms with Gasteiger partial charge in [-0.25, -0.2) is 4.99 Å². The molecule has 1 heterocycles. The lowest BCUT2D eigenvalue weighted by Crippen LogP contribution is -2.42. The quantitative estimate of drug-likeness (QED) is 0.568. The highest BCUT2D eigenvalue weighted by atomic mass is 16.2. The van der Waals surface area contributed by atoms with Gasteiger partial charge in [-0.2, -0.15) is 0 Å². The second-order valence-corrected chi connectivity index (χ2v) is 7.34. The van der Waals surface area contributed by atoms with Gasteiger partial charge in [-0.3, -0.25) is 9.69 Å². The van der Waals surface area contributed by atoms with E-state index < -0.39 is 0 Å². The first-order valence-electron chi connectivity index (χ1n) is 10.1. The molecule has 0 unspecified atom stereocenters. The third-order valence-electron chi connectivity index (χ3n) is 4.80. The lowest BCUT2D eigenvalue weighted by Gasteiger charge is -2.19. The van der Waals surface area contributed by atoms with Gasteiger partial charge in [0.25, 0.3) is 0 Å². The average Bonchev–Trinajstić information content (AvgIpc) is 2.93. The Morgan fingerprint density at radius 2 is 1.67 bits per heavy atom. The number of nitrogens with one attached hydrogen (secondary N) is 2. The van der Waals surface area contributed by atoms with E-state index in [1.54, 1.807) is 19.0 Å². The van der Waals surface area contributed by atoms with Gasteiger partial charge in [-0.15, -0.1) is 0 Å². The van der Waals surface area contributed by atoms with E-state index in [1.165, 1.54) is 49.9 Å².